The van der Waals surface area contributed by atoms with E-state index >= 15 is 0 Å². The molecule has 0 saturated carbocycles. The highest BCUT2D eigenvalue weighted by molar-refractivity contribution is 5.80. The lowest BCUT2D eigenvalue weighted by Crippen LogP contribution is -2.28. The highest BCUT2D eigenvalue weighted by atomic mass is 16.4. The van der Waals surface area contributed by atoms with Crippen LogP contribution >= 0.6 is 0 Å². The number of aliphatic hydroxyl groups excluding tert-OH is 1. The first-order chi connectivity index (χ1) is 8.16. The Labute approximate surface area is 102 Å². The lowest BCUT2D eigenvalue weighted by molar-refractivity contribution is -0.137. The van der Waals surface area contributed by atoms with E-state index in [2.05, 4.69) is 5.32 Å². The second-order valence-corrected chi connectivity index (χ2v) is 4.12. The van der Waals surface area contributed by atoms with Crippen molar-refractivity contribution in [1.29, 1.82) is 0 Å². The smallest absolute Gasteiger partial charge is 0.322 e. The highest BCUT2D eigenvalue weighted by Crippen LogP contribution is 2.08. The van der Waals surface area contributed by atoms with Gasteiger partial charge in [-0.15, -0.1) is 0 Å². The highest BCUT2D eigenvalue weighted by Gasteiger charge is 2.02. The first-order valence-electron chi connectivity index (χ1n) is 6.26. The molecule has 3 N–H and O–H groups in total. The molecule has 100 valence electrons. The Morgan fingerprint density at radius 3 is 1.94 bits per heavy atom. The number of hydrogen-bond donors (Lipinski definition) is 3. The van der Waals surface area contributed by atoms with Crippen molar-refractivity contribution in [1.82, 2.24) is 5.32 Å². The summed E-state index contributed by atoms with van der Waals surface area (Å²) in [5, 5.41) is 19.2. The number of aliphatic carboxylic acids is 1. The molecule has 0 rings (SSSR count). The number of rotatable bonds is 11. The molecular weight excluding hydrogens is 222 g/mol. The van der Waals surface area contributed by atoms with Crippen LogP contribution in [0, 0.1) is 0 Å². The summed E-state index contributed by atoms with van der Waals surface area (Å²) in [6, 6.07) is 0. The molecular formula is C12H23NO4. The zero-order chi connectivity index (χ0) is 12.9. The molecule has 0 aromatic rings. The fraction of sp³-hybridized carbons (Fsp3) is 0.833. The summed E-state index contributed by atoms with van der Waals surface area (Å²) in [6.45, 7) is -0.0241. The quantitative estimate of drug-likeness (QED) is 0.479. The van der Waals surface area contributed by atoms with Gasteiger partial charge in [0.2, 0.25) is 5.91 Å². The van der Waals surface area contributed by atoms with Crippen molar-refractivity contribution in [2.75, 3.05) is 13.2 Å². The number of carboxylic acid groups (broad SMARTS) is 1. The van der Waals surface area contributed by atoms with Crippen LogP contribution < -0.4 is 5.32 Å². The van der Waals surface area contributed by atoms with Gasteiger partial charge >= 0.3 is 5.97 Å². The number of carbonyl (C=O) groups excluding carboxylic acids is 1. The number of carboxylic acids is 1. The topological polar surface area (TPSA) is 86.6 Å². The predicted octanol–water partition coefficient (Wildman–Crippen LogP) is 1.30. The van der Waals surface area contributed by atoms with Crippen molar-refractivity contribution in [3.63, 3.8) is 0 Å². The Morgan fingerprint density at radius 1 is 0.882 bits per heavy atom. The van der Waals surface area contributed by atoms with Gasteiger partial charge in [-0.25, -0.2) is 0 Å². The van der Waals surface area contributed by atoms with Crippen LogP contribution in [-0.2, 0) is 9.59 Å². The van der Waals surface area contributed by atoms with Crippen molar-refractivity contribution in [3.05, 3.63) is 0 Å². The average Bonchev–Trinajstić information content (AvgIpc) is 2.30. The van der Waals surface area contributed by atoms with E-state index in [1.165, 1.54) is 0 Å². The van der Waals surface area contributed by atoms with Gasteiger partial charge < -0.3 is 15.5 Å². The van der Waals surface area contributed by atoms with Gasteiger partial charge in [-0.05, 0) is 12.8 Å². The Kier molecular flexibility index (Phi) is 10.7. The van der Waals surface area contributed by atoms with Crippen LogP contribution in [0.15, 0.2) is 0 Å². The molecule has 0 aliphatic heterocycles. The maximum Gasteiger partial charge on any atom is 0.322 e. The fourth-order valence-corrected chi connectivity index (χ4v) is 1.54. The molecule has 5 nitrogen and oxygen atoms in total. The van der Waals surface area contributed by atoms with E-state index in [1.54, 1.807) is 0 Å². The summed E-state index contributed by atoms with van der Waals surface area (Å²) in [5.74, 6) is -1.20. The first kappa shape index (κ1) is 15.9. The first-order valence-corrected chi connectivity index (χ1v) is 6.26. The van der Waals surface area contributed by atoms with Gasteiger partial charge in [-0.1, -0.05) is 32.1 Å². The third kappa shape index (κ3) is 12.8. The lowest BCUT2D eigenvalue weighted by atomic mass is 10.1. The number of hydrogen-bond acceptors (Lipinski definition) is 3. The summed E-state index contributed by atoms with van der Waals surface area (Å²) in [7, 11) is 0. The van der Waals surface area contributed by atoms with E-state index < -0.39 is 5.97 Å². The Balaban J connectivity index is 3.16. The molecule has 0 aromatic heterocycles. The van der Waals surface area contributed by atoms with E-state index in [9.17, 15) is 9.59 Å². The second kappa shape index (κ2) is 11.4. The molecule has 0 bridgehead atoms. The average molecular weight is 245 g/mol. The van der Waals surface area contributed by atoms with E-state index in [4.69, 9.17) is 10.2 Å². The van der Waals surface area contributed by atoms with Gasteiger partial charge in [0, 0.05) is 13.0 Å². The van der Waals surface area contributed by atoms with E-state index in [-0.39, 0.29) is 19.1 Å². The van der Waals surface area contributed by atoms with Crippen LogP contribution in [0.5, 0.6) is 0 Å². The van der Waals surface area contributed by atoms with E-state index in [1.807, 2.05) is 0 Å². The number of nitrogens with one attached hydrogen (secondary N) is 1. The predicted molar refractivity (Wildman–Crippen MR) is 64.7 cm³/mol. The molecule has 0 radical (unpaired) electrons. The summed E-state index contributed by atoms with van der Waals surface area (Å²) < 4.78 is 0. The van der Waals surface area contributed by atoms with Crippen LogP contribution in [0.1, 0.15) is 51.4 Å². The van der Waals surface area contributed by atoms with Crippen LogP contribution in [0.4, 0.5) is 0 Å². The third-order valence-corrected chi connectivity index (χ3v) is 2.50. The van der Waals surface area contributed by atoms with Gasteiger partial charge in [0.25, 0.3) is 0 Å². The molecule has 17 heavy (non-hydrogen) atoms. The molecule has 0 atom stereocenters. The monoisotopic (exact) mass is 245 g/mol. The number of carbonyl (C=O) groups is 2. The lowest BCUT2D eigenvalue weighted by Gasteiger charge is -2.02. The van der Waals surface area contributed by atoms with Crippen molar-refractivity contribution < 1.29 is 19.8 Å². The minimum atomic E-state index is -1.01. The van der Waals surface area contributed by atoms with Crippen LogP contribution in [-0.4, -0.2) is 35.2 Å². The summed E-state index contributed by atoms with van der Waals surface area (Å²) in [4.78, 5) is 21.3. The van der Waals surface area contributed by atoms with E-state index in [0.717, 1.165) is 44.9 Å². The standard InChI is InChI=1S/C12H23NO4/c14-9-7-5-3-1-2-4-6-8-11(15)13-10-12(16)17/h14H,1-10H2,(H,13,15)(H,16,17). The molecule has 0 saturated heterocycles. The Bertz CT molecular complexity index is 219. The molecule has 1 amide bonds. The largest absolute Gasteiger partial charge is 0.480 e. The number of unbranched alkanes of at least 4 members (excludes halogenated alkanes) is 6. The Morgan fingerprint density at radius 2 is 1.41 bits per heavy atom. The molecule has 0 heterocycles. The normalized spacial score (nSPS) is 10.2. The van der Waals surface area contributed by atoms with Gasteiger partial charge in [-0.3, -0.25) is 9.59 Å². The minimum Gasteiger partial charge on any atom is -0.480 e. The molecule has 0 unspecified atom stereocenters. The Hall–Kier alpha value is -1.10. The molecule has 0 aromatic carbocycles. The molecule has 0 aliphatic carbocycles. The van der Waals surface area contributed by atoms with Crippen molar-refractivity contribution in [3.8, 4) is 0 Å². The van der Waals surface area contributed by atoms with Crippen LogP contribution in [0.25, 0.3) is 0 Å². The van der Waals surface area contributed by atoms with Crippen LogP contribution in [0.2, 0.25) is 0 Å². The molecule has 0 fully saturated rings. The van der Waals surface area contributed by atoms with Gasteiger partial charge in [-0.2, -0.15) is 0 Å². The number of amides is 1. The minimum absolute atomic E-state index is 0.187. The zero-order valence-electron chi connectivity index (χ0n) is 10.3. The second-order valence-electron chi connectivity index (χ2n) is 4.12. The van der Waals surface area contributed by atoms with Crippen molar-refractivity contribution in [2.45, 2.75) is 51.4 Å². The zero-order valence-corrected chi connectivity index (χ0v) is 10.3. The maximum absolute atomic E-state index is 11.1. The fourth-order valence-electron chi connectivity index (χ4n) is 1.54. The van der Waals surface area contributed by atoms with Gasteiger partial charge in [0.15, 0.2) is 0 Å². The van der Waals surface area contributed by atoms with Crippen molar-refractivity contribution in [2.24, 2.45) is 0 Å². The molecule has 0 spiro atoms. The van der Waals surface area contributed by atoms with Gasteiger partial charge in [0.1, 0.15) is 6.54 Å². The van der Waals surface area contributed by atoms with Crippen LogP contribution in [0.3, 0.4) is 0 Å². The third-order valence-electron chi connectivity index (χ3n) is 2.50. The van der Waals surface area contributed by atoms with Crippen molar-refractivity contribution >= 4 is 11.9 Å². The summed E-state index contributed by atoms with van der Waals surface area (Å²) in [6.07, 6.45) is 7.52. The molecule has 5 heteroatoms. The summed E-state index contributed by atoms with van der Waals surface area (Å²) in [5.41, 5.74) is 0. The molecule has 0 aliphatic rings. The SMILES string of the molecule is O=C(O)CNC(=O)CCCCCCCCCO. The summed E-state index contributed by atoms with van der Waals surface area (Å²) >= 11 is 0. The van der Waals surface area contributed by atoms with Gasteiger partial charge in [0.05, 0.1) is 0 Å². The maximum atomic E-state index is 11.1. The van der Waals surface area contributed by atoms with E-state index in [0.29, 0.717) is 6.42 Å². The number of aliphatic hydroxyl groups is 1.